The standard InChI is InChI=1S/C11H12N2O3/c1-8(9-6-4-3-5-7-9)10(14)12-13-11(15)16-2/h3-7H,1H2,2H3,(H,12,14)(H,13,15). The third kappa shape index (κ3) is 3.13. The third-order valence-electron chi connectivity index (χ3n) is 1.86. The fourth-order valence-electron chi connectivity index (χ4n) is 1.00. The molecule has 1 rings (SSSR count). The highest BCUT2D eigenvalue weighted by Gasteiger charge is 2.09. The third-order valence-corrected chi connectivity index (χ3v) is 1.86. The van der Waals surface area contributed by atoms with Crippen LogP contribution in [0.3, 0.4) is 0 Å². The smallest absolute Gasteiger partial charge is 0.425 e. The van der Waals surface area contributed by atoms with Gasteiger partial charge in [0.2, 0.25) is 0 Å². The molecule has 0 atom stereocenters. The monoisotopic (exact) mass is 220 g/mol. The Morgan fingerprint density at radius 3 is 2.38 bits per heavy atom. The van der Waals surface area contributed by atoms with Gasteiger partial charge in [-0.05, 0) is 5.56 Å². The number of rotatable bonds is 2. The van der Waals surface area contributed by atoms with Crippen molar-refractivity contribution in [2.24, 2.45) is 0 Å². The first-order valence-corrected chi connectivity index (χ1v) is 4.53. The van der Waals surface area contributed by atoms with Gasteiger partial charge in [0.15, 0.2) is 0 Å². The maximum Gasteiger partial charge on any atom is 0.425 e. The van der Waals surface area contributed by atoms with Gasteiger partial charge in [-0.25, -0.2) is 10.2 Å². The van der Waals surface area contributed by atoms with Crippen molar-refractivity contribution in [3.05, 3.63) is 42.5 Å². The summed E-state index contributed by atoms with van der Waals surface area (Å²) in [5.74, 6) is -0.489. The van der Waals surface area contributed by atoms with Crippen LogP contribution in [0.2, 0.25) is 0 Å². The van der Waals surface area contributed by atoms with E-state index in [1.165, 1.54) is 7.11 Å². The predicted octanol–water partition coefficient (Wildman–Crippen LogP) is 1.09. The molecule has 0 unspecified atom stereocenters. The molecule has 0 aliphatic rings. The van der Waals surface area contributed by atoms with E-state index in [-0.39, 0.29) is 5.57 Å². The minimum absolute atomic E-state index is 0.261. The fraction of sp³-hybridized carbons (Fsp3) is 0.0909. The van der Waals surface area contributed by atoms with Crippen molar-refractivity contribution in [2.75, 3.05) is 7.11 Å². The number of ether oxygens (including phenoxy) is 1. The molecular formula is C11H12N2O3. The Bertz CT molecular complexity index is 401. The molecule has 1 aromatic rings. The highest BCUT2D eigenvalue weighted by atomic mass is 16.5. The highest BCUT2D eigenvalue weighted by molar-refractivity contribution is 6.18. The van der Waals surface area contributed by atoms with Crippen molar-refractivity contribution in [3.8, 4) is 0 Å². The number of carbonyl (C=O) groups excluding carboxylic acids is 2. The van der Waals surface area contributed by atoms with Gasteiger partial charge in [-0.3, -0.25) is 10.2 Å². The minimum Gasteiger partial charge on any atom is -0.452 e. The molecule has 0 saturated heterocycles. The normalized spacial score (nSPS) is 9.06. The Labute approximate surface area is 93.1 Å². The number of hydrogen-bond donors (Lipinski definition) is 2. The first-order valence-electron chi connectivity index (χ1n) is 4.53. The molecule has 2 N–H and O–H groups in total. The summed E-state index contributed by atoms with van der Waals surface area (Å²) in [6.45, 7) is 3.62. The SMILES string of the molecule is C=C(C(=O)NNC(=O)OC)c1ccccc1. The highest BCUT2D eigenvalue weighted by Crippen LogP contribution is 2.10. The number of carbonyl (C=O) groups is 2. The first kappa shape index (κ1) is 11.8. The lowest BCUT2D eigenvalue weighted by molar-refractivity contribution is -0.116. The lowest BCUT2D eigenvalue weighted by atomic mass is 10.1. The van der Waals surface area contributed by atoms with Crippen LogP contribution in [0.1, 0.15) is 5.56 Å². The van der Waals surface area contributed by atoms with Gasteiger partial charge in [0.25, 0.3) is 5.91 Å². The second-order valence-electron chi connectivity index (χ2n) is 2.92. The summed E-state index contributed by atoms with van der Waals surface area (Å²) in [6, 6.07) is 8.92. The average Bonchev–Trinajstić information content (AvgIpc) is 2.35. The van der Waals surface area contributed by atoms with Crippen molar-refractivity contribution in [1.82, 2.24) is 10.9 Å². The minimum atomic E-state index is -0.741. The lowest BCUT2D eigenvalue weighted by Crippen LogP contribution is -2.41. The van der Waals surface area contributed by atoms with Crippen molar-refractivity contribution in [3.63, 3.8) is 0 Å². The van der Waals surface area contributed by atoms with Crippen LogP contribution >= 0.6 is 0 Å². The van der Waals surface area contributed by atoms with E-state index >= 15 is 0 Å². The molecule has 0 fully saturated rings. The van der Waals surface area contributed by atoms with Gasteiger partial charge in [0, 0.05) is 5.57 Å². The van der Waals surface area contributed by atoms with Gasteiger partial charge in [0.05, 0.1) is 7.11 Å². The van der Waals surface area contributed by atoms with E-state index in [1.54, 1.807) is 24.3 Å². The number of hydrazine groups is 1. The number of hydrogen-bond acceptors (Lipinski definition) is 3. The summed E-state index contributed by atoms with van der Waals surface area (Å²) in [7, 11) is 1.20. The summed E-state index contributed by atoms with van der Waals surface area (Å²) >= 11 is 0. The Balaban J connectivity index is 2.56. The summed E-state index contributed by atoms with van der Waals surface area (Å²) in [5, 5.41) is 0. The zero-order valence-corrected chi connectivity index (χ0v) is 8.82. The van der Waals surface area contributed by atoms with Crippen LogP contribution in [0, 0.1) is 0 Å². The Hall–Kier alpha value is -2.30. The maximum atomic E-state index is 11.5. The summed E-state index contributed by atoms with van der Waals surface area (Å²) in [6.07, 6.45) is -0.741. The Morgan fingerprint density at radius 2 is 1.81 bits per heavy atom. The van der Waals surface area contributed by atoms with Crippen molar-refractivity contribution < 1.29 is 14.3 Å². The molecule has 0 radical (unpaired) electrons. The average molecular weight is 220 g/mol. The van der Waals surface area contributed by atoms with E-state index < -0.39 is 12.0 Å². The second kappa shape index (κ2) is 5.55. The van der Waals surface area contributed by atoms with E-state index in [0.717, 1.165) is 0 Å². The second-order valence-corrected chi connectivity index (χ2v) is 2.92. The Kier molecular flexibility index (Phi) is 4.08. The summed E-state index contributed by atoms with van der Waals surface area (Å²) in [5.41, 5.74) is 5.18. The number of amides is 2. The van der Waals surface area contributed by atoms with Gasteiger partial charge in [0.1, 0.15) is 0 Å². The maximum absolute atomic E-state index is 11.5. The van der Waals surface area contributed by atoms with Gasteiger partial charge in [-0.15, -0.1) is 0 Å². The molecule has 2 amide bonds. The fourth-order valence-corrected chi connectivity index (χ4v) is 1.00. The molecule has 5 heteroatoms. The number of benzene rings is 1. The van der Waals surface area contributed by atoms with Crippen LogP contribution in [0.25, 0.3) is 5.57 Å². The Morgan fingerprint density at radius 1 is 1.19 bits per heavy atom. The van der Waals surface area contributed by atoms with Crippen LogP contribution in [0.4, 0.5) is 4.79 Å². The molecule has 0 aliphatic heterocycles. The van der Waals surface area contributed by atoms with Crippen molar-refractivity contribution >= 4 is 17.6 Å². The molecule has 0 saturated carbocycles. The molecule has 84 valence electrons. The van der Waals surface area contributed by atoms with Crippen LogP contribution in [-0.4, -0.2) is 19.1 Å². The van der Waals surface area contributed by atoms with Gasteiger partial charge < -0.3 is 4.74 Å². The van der Waals surface area contributed by atoms with Crippen LogP contribution < -0.4 is 10.9 Å². The van der Waals surface area contributed by atoms with Crippen LogP contribution in [0.5, 0.6) is 0 Å². The van der Waals surface area contributed by atoms with Gasteiger partial charge in [-0.1, -0.05) is 36.9 Å². The molecule has 0 spiro atoms. The summed E-state index contributed by atoms with van der Waals surface area (Å²) in [4.78, 5) is 22.2. The molecule has 0 heterocycles. The van der Waals surface area contributed by atoms with E-state index in [4.69, 9.17) is 0 Å². The molecule has 0 aliphatic carbocycles. The van der Waals surface area contributed by atoms with Crippen molar-refractivity contribution in [1.29, 1.82) is 0 Å². The van der Waals surface area contributed by atoms with Crippen LogP contribution in [-0.2, 0) is 9.53 Å². The molecular weight excluding hydrogens is 208 g/mol. The molecule has 0 aromatic heterocycles. The predicted molar refractivity (Wildman–Crippen MR) is 59.2 cm³/mol. The van der Waals surface area contributed by atoms with E-state index in [0.29, 0.717) is 5.56 Å². The van der Waals surface area contributed by atoms with Gasteiger partial charge in [-0.2, -0.15) is 0 Å². The molecule has 1 aromatic carbocycles. The number of methoxy groups -OCH3 is 1. The van der Waals surface area contributed by atoms with E-state index in [9.17, 15) is 9.59 Å². The lowest BCUT2D eigenvalue weighted by Gasteiger charge is -2.07. The topological polar surface area (TPSA) is 67.4 Å². The zero-order valence-electron chi connectivity index (χ0n) is 8.82. The number of nitrogens with one attached hydrogen (secondary N) is 2. The van der Waals surface area contributed by atoms with Crippen molar-refractivity contribution in [2.45, 2.75) is 0 Å². The molecule has 0 bridgehead atoms. The quantitative estimate of drug-likeness (QED) is 0.579. The molecule has 16 heavy (non-hydrogen) atoms. The zero-order chi connectivity index (χ0) is 12.0. The molecule has 5 nitrogen and oxygen atoms in total. The van der Waals surface area contributed by atoms with E-state index in [2.05, 4.69) is 22.2 Å². The van der Waals surface area contributed by atoms with Gasteiger partial charge >= 0.3 is 6.09 Å². The summed E-state index contributed by atoms with van der Waals surface area (Å²) < 4.78 is 4.29. The largest absolute Gasteiger partial charge is 0.452 e. The van der Waals surface area contributed by atoms with Crippen LogP contribution in [0.15, 0.2) is 36.9 Å². The first-order chi connectivity index (χ1) is 7.65. The van der Waals surface area contributed by atoms with E-state index in [1.807, 2.05) is 6.07 Å².